The van der Waals surface area contributed by atoms with Crippen LogP contribution in [0.4, 0.5) is 22.7 Å². The fraction of sp³-hybridized carbons (Fsp3) is 0.564. The molecule has 8 heteroatoms. The Hall–Kier alpha value is -4.08. The third-order valence-electron chi connectivity index (χ3n) is 14.6. The zero-order valence-electron chi connectivity index (χ0n) is 42.4. The van der Waals surface area contributed by atoms with Crippen LogP contribution in [0.1, 0.15) is 91.2 Å². The molecule has 1 N–H and O–H groups in total. The summed E-state index contributed by atoms with van der Waals surface area (Å²) >= 11 is 0. The Balaban J connectivity index is 1.10. The van der Waals surface area contributed by atoms with Gasteiger partial charge < -0.3 is 19.2 Å². The minimum Gasteiger partial charge on any atom is -0.356 e. The molecule has 5 rings (SSSR count). The average molecular weight is 863 g/mol. The number of unbranched alkanes of at least 4 members (excludes halogenated alkanes) is 1. The topological polar surface area (TPSA) is 35.4 Å². The highest BCUT2D eigenvalue weighted by Gasteiger charge is 2.44. The van der Waals surface area contributed by atoms with Gasteiger partial charge in [-0.3, -0.25) is 13.8 Å². The summed E-state index contributed by atoms with van der Waals surface area (Å²) in [5.74, 6) is 0.120. The van der Waals surface area contributed by atoms with E-state index in [2.05, 4.69) is 204 Å². The Bertz CT molecular complexity index is 2100. The van der Waals surface area contributed by atoms with Crippen LogP contribution < -0.4 is 19.2 Å². The number of rotatable bonds is 23. The summed E-state index contributed by atoms with van der Waals surface area (Å²) < 4.78 is 6.24. The third-order valence-corrected chi connectivity index (χ3v) is 14.6. The molecule has 344 valence electrons. The molecule has 0 saturated carbocycles. The fourth-order valence-corrected chi connectivity index (χ4v) is 10.2. The van der Waals surface area contributed by atoms with Gasteiger partial charge in [0.1, 0.15) is 11.4 Å². The van der Waals surface area contributed by atoms with Crippen molar-refractivity contribution >= 4 is 34.4 Å². The van der Waals surface area contributed by atoms with E-state index in [9.17, 15) is 4.79 Å². The molecule has 0 unspecified atom stereocenters. The number of fused-ring (bicyclic) bond motifs is 2. The summed E-state index contributed by atoms with van der Waals surface area (Å²) in [5, 5.41) is 3.27. The van der Waals surface area contributed by atoms with E-state index in [0.717, 1.165) is 63.5 Å². The van der Waals surface area contributed by atoms with E-state index in [1.807, 2.05) is 0 Å². The number of allylic oxidation sites excluding steroid dienone is 4. The maximum atomic E-state index is 13.4. The standard InChI is InChI=1S/C55H87N7O/c1-15-17-39-59(7,8)41-24-43-61(11,12)45-32-34-46(35-33-45)62(13,14)44-25-42-60(9,10)40-23-37-56-53(63)36-38-58-50-29-21-19-27-48(50)55(5,6)52(58)31-22-30-51-54(3,4)47-26-18-20-28-49(47)57(51)16-2/h18-22,26-35H,15-17,23-25,36-44H2,1-14H3/q+4/p+1. The predicted molar refractivity (Wildman–Crippen MR) is 273 cm³/mol. The van der Waals surface area contributed by atoms with Crippen LogP contribution >= 0.6 is 0 Å². The lowest BCUT2D eigenvalue weighted by molar-refractivity contribution is -0.890. The number of benzene rings is 3. The number of amides is 1. The number of anilines is 1. The second-order valence-electron chi connectivity index (χ2n) is 22.1. The Morgan fingerprint density at radius 1 is 0.651 bits per heavy atom. The van der Waals surface area contributed by atoms with Gasteiger partial charge in [-0.1, -0.05) is 69.7 Å². The van der Waals surface area contributed by atoms with Crippen molar-refractivity contribution in [2.24, 2.45) is 0 Å². The van der Waals surface area contributed by atoms with Crippen molar-refractivity contribution in [2.45, 2.75) is 90.9 Å². The summed E-state index contributed by atoms with van der Waals surface area (Å²) in [7, 11) is 18.8. The molecular formula is C55H88N7O+5. The predicted octanol–water partition coefficient (Wildman–Crippen LogP) is 9.78. The van der Waals surface area contributed by atoms with Crippen LogP contribution in [0.2, 0.25) is 0 Å². The molecular weight excluding hydrogens is 775 g/mol. The molecule has 0 atom stereocenters. The quantitative estimate of drug-likeness (QED) is 0.0586. The largest absolute Gasteiger partial charge is 0.356 e. The number of likely N-dealkylation sites (N-methyl/N-ethyl adjacent to an activating group) is 1. The molecule has 63 heavy (non-hydrogen) atoms. The van der Waals surface area contributed by atoms with E-state index >= 15 is 0 Å². The Kier molecular flexibility index (Phi) is 16.2. The molecule has 0 aliphatic carbocycles. The van der Waals surface area contributed by atoms with Gasteiger partial charge in [0.05, 0.1) is 107 Å². The molecule has 2 heterocycles. The van der Waals surface area contributed by atoms with Gasteiger partial charge in [0.2, 0.25) is 11.6 Å². The van der Waals surface area contributed by atoms with Crippen LogP contribution in [0.3, 0.4) is 0 Å². The first kappa shape index (κ1) is 49.9. The van der Waals surface area contributed by atoms with Crippen LogP contribution in [-0.2, 0) is 15.6 Å². The van der Waals surface area contributed by atoms with Crippen molar-refractivity contribution in [3.63, 3.8) is 0 Å². The van der Waals surface area contributed by atoms with Crippen molar-refractivity contribution in [2.75, 3.05) is 120 Å². The number of quaternary nitrogens is 4. The molecule has 0 spiro atoms. The van der Waals surface area contributed by atoms with Crippen molar-refractivity contribution in [1.29, 1.82) is 0 Å². The van der Waals surface area contributed by atoms with E-state index in [4.69, 9.17) is 0 Å². The first-order valence-electron chi connectivity index (χ1n) is 24.2. The molecule has 0 saturated heterocycles. The second-order valence-corrected chi connectivity index (χ2v) is 22.1. The van der Waals surface area contributed by atoms with E-state index in [-0.39, 0.29) is 16.7 Å². The highest BCUT2D eigenvalue weighted by Crippen LogP contribution is 2.47. The molecule has 3 aromatic carbocycles. The lowest BCUT2D eigenvalue weighted by Gasteiger charge is -2.35. The SMILES string of the molecule is CCCC[N+](C)(C)CCC[N+](C)(C)c1ccc([N+](C)(C)CCC[N+](C)(C)CCCNC(=O)CC[N+]2=C(C=CC=C3N(CC)c4ccccc4C3(C)C)C(C)(C)c3ccccc32)cc1. The molecule has 2 aliphatic rings. The number of hydrogen-bond acceptors (Lipinski definition) is 2. The van der Waals surface area contributed by atoms with E-state index in [1.165, 1.54) is 77.6 Å². The van der Waals surface area contributed by atoms with Gasteiger partial charge >= 0.3 is 0 Å². The summed E-state index contributed by atoms with van der Waals surface area (Å²) in [6.07, 6.45) is 13.2. The highest BCUT2D eigenvalue weighted by molar-refractivity contribution is 6.03. The van der Waals surface area contributed by atoms with Crippen LogP contribution in [0.25, 0.3) is 0 Å². The van der Waals surface area contributed by atoms with Crippen LogP contribution in [0.5, 0.6) is 0 Å². The van der Waals surface area contributed by atoms with Crippen LogP contribution in [-0.4, -0.2) is 140 Å². The molecule has 0 aromatic heterocycles. The van der Waals surface area contributed by atoms with E-state index < -0.39 is 0 Å². The Morgan fingerprint density at radius 2 is 1.17 bits per heavy atom. The minimum atomic E-state index is -0.177. The van der Waals surface area contributed by atoms with Crippen LogP contribution in [0, 0.1) is 0 Å². The molecule has 3 aromatic rings. The number of para-hydroxylation sites is 2. The lowest BCUT2D eigenvalue weighted by atomic mass is 9.81. The van der Waals surface area contributed by atoms with Gasteiger partial charge in [-0.2, -0.15) is 4.58 Å². The number of nitrogens with one attached hydrogen (secondary N) is 1. The average Bonchev–Trinajstić information content (AvgIpc) is 3.58. The number of carbonyl (C=O) groups is 1. The molecule has 0 bridgehead atoms. The van der Waals surface area contributed by atoms with Crippen molar-refractivity contribution in [1.82, 2.24) is 14.3 Å². The van der Waals surface area contributed by atoms with Gasteiger partial charge in [0.25, 0.3) is 0 Å². The minimum absolute atomic E-state index is 0.0762. The second kappa shape index (κ2) is 20.4. The van der Waals surface area contributed by atoms with Gasteiger partial charge in [0.15, 0.2) is 12.3 Å². The van der Waals surface area contributed by atoms with Gasteiger partial charge in [-0.15, -0.1) is 0 Å². The molecule has 2 aliphatic heterocycles. The molecule has 8 nitrogen and oxygen atoms in total. The molecule has 1 amide bonds. The van der Waals surface area contributed by atoms with Crippen LogP contribution in [0.15, 0.2) is 96.7 Å². The molecule has 0 radical (unpaired) electrons. The molecule has 0 fully saturated rings. The zero-order valence-corrected chi connectivity index (χ0v) is 42.4. The van der Waals surface area contributed by atoms with Crippen molar-refractivity contribution in [3.8, 4) is 0 Å². The number of nitrogens with zero attached hydrogens (tertiary/aromatic N) is 6. The number of carbonyl (C=O) groups excluding carboxylic acids is 1. The third kappa shape index (κ3) is 12.2. The lowest BCUT2D eigenvalue weighted by Crippen LogP contribution is -2.47. The number of hydrogen-bond donors (Lipinski definition) is 1. The maximum Gasteiger partial charge on any atom is 0.226 e. The van der Waals surface area contributed by atoms with Crippen molar-refractivity contribution in [3.05, 3.63) is 108 Å². The van der Waals surface area contributed by atoms with E-state index in [1.54, 1.807) is 0 Å². The normalized spacial score (nSPS) is 16.9. The zero-order chi connectivity index (χ0) is 46.3. The fourth-order valence-electron chi connectivity index (χ4n) is 10.2. The van der Waals surface area contributed by atoms with Gasteiger partial charge in [-0.25, -0.2) is 0 Å². The summed E-state index contributed by atoms with van der Waals surface area (Å²) in [5.41, 5.74) is 10.2. The Morgan fingerprint density at radius 3 is 1.75 bits per heavy atom. The van der Waals surface area contributed by atoms with Crippen molar-refractivity contribution < 1.29 is 18.3 Å². The van der Waals surface area contributed by atoms with Gasteiger partial charge in [0, 0.05) is 91.1 Å². The first-order chi connectivity index (χ1) is 29.6. The van der Waals surface area contributed by atoms with Gasteiger partial charge in [-0.05, 0) is 44.9 Å². The monoisotopic (exact) mass is 863 g/mol. The maximum absolute atomic E-state index is 13.4. The summed E-state index contributed by atoms with van der Waals surface area (Å²) in [6.45, 7) is 22.9. The smallest absolute Gasteiger partial charge is 0.226 e. The summed E-state index contributed by atoms with van der Waals surface area (Å²) in [4.78, 5) is 15.8. The Labute approximate surface area is 384 Å². The highest BCUT2D eigenvalue weighted by atomic mass is 16.1. The summed E-state index contributed by atoms with van der Waals surface area (Å²) in [6, 6.07) is 26.9. The van der Waals surface area contributed by atoms with E-state index in [0.29, 0.717) is 19.5 Å². The first-order valence-corrected chi connectivity index (χ1v) is 24.2.